The molecule has 104 valence electrons. The Morgan fingerprint density at radius 1 is 1.58 bits per heavy atom. The predicted octanol–water partition coefficient (Wildman–Crippen LogP) is 1.43. The van der Waals surface area contributed by atoms with E-state index in [2.05, 4.69) is 11.9 Å². The third kappa shape index (κ3) is 3.76. The highest BCUT2D eigenvalue weighted by Gasteiger charge is 2.20. The Morgan fingerprint density at radius 3 is 2.63 bits per heavy atom. The van der Waals surface area contributed by atoms with Gasteiger partial charge in [0.05, 0.1) is 15.5 Å². The third-order valence-electron chi connectivity index (χ3n) is 2.29. The minimum Gasteiger partial charge on any atom is -0.346 e. The molecule has 0 aliphatic rings. The van der Waals surface area contributed by atoms with Crippen LogP contribution in [-0.2, 0) is 10.0 Å². The van der Waals surface area contributed by atoms with Crippen LogP contribution in [-0.4, -0.2) is 20.4 Å². The monoisotopic (exact) mass is 306 g/mol. The van der Waals surface area contributed by atoms with E-state index < -0.39 is 43.3 Å². The van der Waals surface area contributed by atoms with E-state index in [9.17, 15) is 17.6 Å². The number of hydrogen-bond donors (Lipinski definition) is 2. The highest BCUT2D eigenvalue weighted by Crippen LogP contribution is 2.23. The van der Waals surface area contributed by atoms with Gasteiger partial charge in [-0.25, -0.2) is 17.9 Å². The first-order valence-electron chi connectivity index (χ1n) is 5.12. The Kier molecular flexibility index (Phi) is 4.67. The first-order chi connectivity index (χ1) is 8.66. The van der Waals surface area contributed by atoms with E-state index in [0.29, 0.717) is 0 Å². The van der Waals surface area contributed by atoms with E-state index in [4.69, 9.17) is 16.7 Å². The summed E-state index contributed by atoms with van der Waals surface area (Å²) in [5, 5.41) is 6.82. The number of hydrogen-bond acceptors (Lipinski definition) is 3. The van der Waals surface area contributed by atoms with Gasteiger partial charge in [-0.05, 0) is 19.1 Å². The molecule has 0 saturated heterocycles. The van der Waals surface area contributed by atoms with Crippen LogP contribution in [0.25, 0.3) is 0 Å². The van der Waals surface area contributed by atoms with Gasteiger partial charge in [0.1, 0.15) is 0 Å². The first kappa shape index (κ1) is 15.6. The van der Waals surface area contributed by atoms with Crippen molar-refractivity contribution in [1.29, 1.82) is 0 Å². The van der Waals surface area contributed by atoms with Crippen molar-refractivity contribution < 1.29 is 17.6 Å². The van der Waals surface area contributed by atoms with Crippen molar-refractivity contribution in [3.05, 3.63) is 41.2 Å². The Hall–Kier alpha value is -1.44. The summed E-state index contributed by atoms with van der Waals surface area (Å²) < 4.78 is 36.1. The summed E-state index contributed by atoms with van der Waals surface area (Å²) in [5.41, 5.74) is -0.495. The number of benzene rings is 1. The molecule has 1 atom stereocenters. The van der Waals surface area contributed by atoms with Crippen LogP contribution in [0.15, 0.2) is 29.7 Å². The van der Waals surface area contributed by atoms with Crippen molar-refractivity contribution in [1.82, 2.24) is 5.32 Å². The number of nitrogens with one attached hydrogen (secondary N) is 1. The molecule has 5 nitrogen and oxygen atoms in total. The van der Waals surface area contributed by atoms with E-state index in [1.807, 2.05) is 0 Å². The highest BCUT2D eigenvalue weighted by molar-refractivity contribution is 7.89. The number of sulfonamides is 1. The summed E-state index contributed by atoms with van der Waals surface area (Å²) in [6.45, 7) is 5.07. The molecular formula is C11H12ClFN2O3S. The minimum absolute atomic E-state index is 0.413. The lowest BCUT2D eigenvalue weighted by molar-refractivity contribution is 0.0942. The summed E-state index contributed by atoms with van der Waals surface area (Å²) in [4.78, 5) is 11.3. The van der Waals surface area contributed by atoms with Gasteiger partial charge in [0.2, 0.25) is 10.0 Å². The molecule has 0 bridgehead atoms. The van der Waals surface area contributed by atoms with Gasteiger partial charge in [-0.1, -0.05) is 17.7 Å². The van der Waals surface area contributed by atoms with Gasteiger partial charge in [0.15, 0.2) is 5.82 Å². The molecule has 0 aromatic heterocycles. The molecule has 8 heteroatoms. The maximum absolute atomic E-state index is 13.7. The number of primary sulfonamides is 1. The molecule has 19 heavy (non-hydrogen) atoms. The van der Waals surface area contributed by atoms with Crippen LogP contribution >= 0.6 is 11.6 Å². The molecule has 0 radical (unpaired) electrons. The molecule has 1 amide bonds. The summed E-state index contributed by atoms with van der Waals surface area (Å²) >= 11 is 5.54. The van der Waals surface area contributed by atoms with Gasteiger partial charge in [-0.15, -0.1) is 6.58 Å². The lowest BCUT2D eigenvalue weighted by Crippen LogP contribution is -2.31. The fourth-order valence-corrected chi connectivity index (χ4v) is 2.09. The molecule has 1 rings (SSSR count). The topological polar surface area (TPSA) is 89.3 Å². The predicted molar refractivity (Wildman–Crippen MR) is 69.9 cm³/mol. The molecule has 1 aromatic rings. The average Bonchev–Trinajstić information content (AvgIpc) is 2.30. The lowest BCUT2D eigenvalue weighted by atomic mass is 10.2. The quantitative estimate of drug-likeness (QED) is 0.825. The Bertz CT molecular complexity index is 631. The Balaban J connectivity index is 3.31. The summed E-state index contributed by atoms with van der Waals surface area (Å²) in [6, 6.07) is 1.27. The second-order valence-electron chi connectivity index (χ2n) is 3.81. The van der Waals surface area contributed by atoms with E-state index in [-0.39, 0.29) is 0 Å². The van der Waals surface area contributed by atoms with Crippen LogP contribution in [0.5, 0.6) is 0 Å². The third-order valence-corrected chi connectivity index (χ3v) is 3.46. The maximum Gasteiger partial charge on any atom is 0.254 e. The van der Waals surface area contributed by atoms with Crippen LogP contribution in [0, 0.1) is 5.82 Å². The van der Waals surface area contributed by atoms with Crippen molar-refractivity contribution in [3.63, 3.8) is 0 Å². The van der Waals surface area contributed by atoms with Crippen LogP contribution in [0.4, 0.5) is 4.39 Å². The largest absolute Gasteiger partial charge is 0.346 e. The molecule has 0 saturated carbocycles. The SMILES string of the molecule is C=C[C@@H](C)NC(=O)c1cc(S(N)(=O)=O)cc(Cl)c1F. The number of carbonyl (C=O) groups is 1. The van der Waals surface area contributed by atoms with Crippen LogP contribution in [0.1, 0.15) is 17.3 Å². The van der Waals surface area contributed by atoms with Crippen molar-refractivity contribution in [2.75, 3.05) is 0 Å². The molecule has 0 unspecified atom stereocenters. The van der Waals surface area contributed by atoms with Crippen molar-refractivity contribution >= 4 is 27.5 Å². The molecule has 0 spiro atoms. The second kappa shape index (κ2) is 5.68. The summed E-state index contributed by atoms with van der Waals surface area (Å²) in [5.74, 6) is -1.82. The number of carbonyl (C=O) groups excluding carboxylic acids is 1. The molecule has 1 aromatic carbocycles. The zero-order chi connectivity index (χ0) is 14.8. The number of halogens is 2. The Morgan fingerprint density at radius 2 is 2.16 bits per heavy atom. The van der Waals surface area contributed by atoms with Gasteiger partial charge < -0.3 is 5.32 Å². The van der Waals surface area contributed by atoms with E-state index in [1.54, 1.807) is 6.92 Å². The fourth-order valence-electron chi connectivity index (χ4n) is 1.24. The Labute approximate surface area is 115 Å². The smallest absolute Gasteiger partial charge is 0.254 e. The molecule has 3 N–H and O–H groups in total. The molecule has 0 fully saturated rings. The zero-order valence-corrected chi connectivity index (χ0v) is 11.6. The van der Waals surface area contributed by atoms with Gasteiger partial charge >= 0.3 is 0 Å². The minimum atomic E-state index is -4.08. The van der Waals surface area contributed by atoms with Crippen molar-refractivity contribution in [3.8, 4) is 0 Å². The van der Waals surface area contributed by atoms with Crippen LogP contribution in [0.2, 0.25) is 5.02 Å². The van der Waals surface area contributed by atoms with Crippen LogP contribution in [0.3, 0.4) is 0 Å². The van der Waals surface area contributed by atoms with E-state index in [1.165, 1.54) is 6.08 Å². The van der Waals surface area contributed by atoms with Crippen molar-refractivity contribution in [2.24, 2.45) is 5.14 Å². The number of nitrogens with two attached hydrogens (primary N) is 1. The zero-order valence-electron chi connectivity index (χ0n) is 9.98. The van der Waals surface area contributed by atoms with Gasteiger partial charge in [0.25, 0.3) is 5.91 Å². The van der Waals surface area contributed by atoms with E-state index in [0.717, 1.165) is 12.1 Å². The standard InChI is InChI=1S/C11H12ClFN2O3S/c1-3-6(2)15-11(16)8-4-7(19(14,17)18)5-9(12)10(8)13/h3-6H,1H2,2H3,(H,15,16)(H2,14,17,18)/t6-/m1/s1. The second-order valence-corrected chi connectivity index (χ2v) is 5.78. The molecular weight excluding hydrogens is 295 g/mol. The molecule has 0 heterocycles. The molecule has 0 aliphatic carbocycles. The number of amides is 1. The summed E-state index contributed by atoms with van der Waals surface area (Å²) in [7, 11) is -4.08. The van der Waals surface area contributed by atoms with Crippen LogP contribution < -0.4 is 10.5 Å². The number of rotatable bonds is 4. The van der Waals surface area contributed by atoms with Gasteiger partial charge in [0, 0.05) is 6.04 Å². The first-order valence-corrected chi connectivity index (χ1v) is 7.04. The average molecular weight is 307 g/mol. The normalized spacial score (nSPS) is 12.8. The maximum atomic E-state index is 13.7. The van der Waals surface area contributed by atoms with Gasteiger partial charge in [-0.2, -0.15) is 0 Å². The molecule has 0 aliphatic heterocycles. The highest BCUT2D eigenvalue weighted by atomic mass is 35.5. The van der Waals surface area contributed by atoms with Gasteiger partial charge in [-0.3, -0.25) is 4.79 Å². The van der Waals surface area contributed by atoms with Crippen molar-refractivity contribution in [2.45, 2.75) is 17.9 Å². The lowest BCUT2D eigenvalue weighted by Gasteiger charge is -2.11. The fraction of sp³-hybridized carbons (Fsp3) is 0.182. The van der Waals surface area contributed by atoms with E-state index >= 15 is 0 Å². The summed E-state index contributed by atoms with van der Waals surface area (Å²) in [6.07, 6.45) is 1.43.